The molecule has 5 heterocycles. The Morgan fingerprint density at radius 1 is 1.19 bits per heavy atom. The lowest BCUT2D eigenvalue weighted by Gasteiger charge is -2.55. The van der Waals surface area contributed by atoms with Gasteiger partial charge >= 0.3 is 6.18 Å². The number of nitrogens with zero attached hydrogens (tertiary/aromatic N) is 4. The van der Waals surface area contributed by atoms with E-state index in [1.807, 2.05) is 0 Å². The zero-order valence-corrected chi connectivity index (χ0v) is 19.6. The summed E-state index contributed by atoms with van der Waals surface area (Å²) in [5.74, 6) is 2.21. The number of likely N-dealkylation sites (tertiary alicyclic amines) is 1. The number of halogens is 3. The van der Waals surface area contributed by atoms with Crippen molar-refractivity contribution >= 4 is 27.4 Å². The molecule has 0 aromatic carbocycles. The molecule has 32 heavy (non-hydrogen) atoms. The summed E-state index contributed by atoms with van der Waals surface area (Å²) in [6, 6.07) is 2.29. The first-order chi connectivity index (χ1) is 15.2. The third-order valence-electron chi connectivity index (χ3n) is 7.52. The van der Waals surface area contributed by atoms with Gasteiger partial charge in [-0.05, 0) is 50.3 Å². The number of hydrogen-bond donors (Lipinski definition) is 1. The fourth-order valence-corrected chi connectivity index (χ4v) is 7.30. The van der Waals surface area contributed by atoms with Gasteiger partial charge in [-0.2, -0.15) is 13.2 Å². The van der Waals surface area contributed by atoms with Crippen molar-refractivity contribution in [3.05, 3.63) is 17.3 Å². The highest BCUT2D eigenvalue weighted by molar-refractivity contribution is 7.18. The minimum atomic E-state index is -4.21. The summed E-state index contributed by atoms with van der Waals surface area (Å²) in [5, 5.41) is 4.25. The van der Waals surface area contributed by atoms with Crippen LogP contribution in [0.4, 0.5) is 19.0 Å². The molecule has 3 aliphatic heterocycles. The summed E-state index contributed by atoms with van der Waals surface area (Å²) < 4.78 is 38.6. The van der Waals surface area contributed by atoms with Crippen LogP contribution >= 0.6 is 11.3 Å². The van der Waals surface area contributed by atoms with Crippen LogP contribution in [0.25, 0.3) is 10.2 Å². The van der Waals surface area contributed by atoms with E-state index in [9.17, 15) is 13.2 Å². The average molecular weight is 468 g/mol. The molecule has 1 N–H and O–H groups in total. The molecule has 176 valence electrons. The van der Waals surface area contributed by atoms with Crippen LogP contribution in [0, 0.1) is 17.3 Å². The molecule has 0 unspecified atom stereocenters. The van der Waals surface area contributed by atoms with E-state index in [4.69, 9.17) is 0 Å². The van der Waals surface area contributed by atoms with Gasteiger partial charge in [-0.25, -0.2) is 9.97 Å². The highest BCUT2D eigenvalue weighted by atomic mass is 32.1. The first-order valence-electron chi connectivity index (χ1n) is 11.7. The summed E-state index contributed by atoms with van der Waals surface area (Å²) in [6.07, 6.45) is 0.0231. The van der Waals surface area contributed by atoms with E-state index in [2.05, 4.69) is 38.9 Å². The molecule has 3 fully saturated rings. The van der Waals surface area contributed by atoms with Crippen LogP contribution in [-0.2, 0) is 6.42 Å². The summed E-state index contributed by atoms with van der Waals surface area (Å²) in [6.45, 7) is 11.0. The number of thiophene rings is 1. The Bertz CT molecular complexity index is 947. The Hall–Kier alpha value is -1.45. The van der Waals surface area contributed by atoms with E-state index < -0.39 is 12.6 Å². The standard InChI is InChI=1S/C23H32F3N5S/c1-15(2)19(16-3-6-27-7-4-16)31-12-22(13-31)5-8-30(11-22)20-18-9-17(10-23(24,25)26)32-21(18)29-14-28-20/h9,14-16,19,27H,3-8,10-13H2,1-2H3/t19-/m1/s1. The molecule has 5 rings (SSSR count). The van der Waals surface area contributed by atoms with Gasteiger partial charge in [-0.3, -0.25) is 4.90 Å². The third-order valence-corrected chi connectivity index (χ3v) is 8.56. The molecular formula is C23H32F3N5S. The normalized spacial score (nSPS) is 23.4. The minimum Gasteiger partial charge on any atom is -0.355 e. The molecule has 9 heteroatoms. The Labute approximate surface area is 191 Å². The van der Waals surface area contributed by atoms with Crippen LogP contribution in [0.5, 0.6) is 0 Å². The topological polar surface area (TPSA) is 44.3 Å². The minimum absolute atomic E-state index is 0.280. The summed E-state index contributed by atoms with van der Waals surface area (Å²) in [4.78, 5) is 14.7. The van der Waals surface area contributed by atoms with Gasteiger partial charge in [0.1, 0.15) is 17.0 Å². The first kappa shape index (κ1) is 22.3. The quantitative estimate of drug-likeness (QED) is 0.709. The molecule has 2 aromatic heterocycles. The molecule has 0 amide bonds. The van der Waals surface area contributed by atoms with E-state index >= 15 is 0 Å². The van der Waals surface area contributed by atoms with Crippen LogP contribution in [0.3, 0.4) is 0 Å². The van der Waals surface area contributed by atoms with Crippen molar-refractivity contribution in [1.82, 2.24) is 20.2 Å². The zero-order chi connectivity index (χ0) is 22.5. The lowest BCUT2D eigenvalue weighted by molar-refractivity contribution is -0.126. The Morgan fingerprint density at radius 3 is 2.62 bits per heavy atom. The SMILES string of the molecule is CC(C)[C@H](C1CCNCC1)N1CC2(CCN(c3ncnc4sc(CC(F)(F)F)cc34)C2)C1. The van der Waals surface area contributed by atoms with E-state index in [0.29, 0.717) is 21.7 Å². The largest absolute Gasteiger partial charge is 0.393 e. The second kappa shape index (κ2) is 8.40. The second-order valence-electron chi connectivity index (χ2n) is 10.3. The monoisotopic (exact) mass is 467 g/mol. The molecule has 3 aliphatic rings. The zero-order valence-electron chi connectivity index (χ0n) is 18.8. The Balaban J connectivity index is 1.28. The molecule has 1 atom stereocenters. The van der Waals surface area contributed by atoms with E-state index in [1.165, 1.54) is 19.2 Å². The van der Waals surface area contributed by atoms with Gasteiger partial charge in [0.05, 0.1) is 11.8 Å². The van der Waals surface area contributed by atoms with Gasteiger partial charge in [0.2, 0.25) is 0 Å². The fourth-order valence-electron chi connectivity index (χ4n) is 6.28. The van der Waals surface area contributed by atoms with Crippen LogP contribution in [0.1, 0.15) is 38.0 Å². The number of fused-ring (bicyclic) bond motifs is 1. The maximum absolute atomic E-state index is 12.9. The lowest BCUT2D eigenvalue weighted by atomic mass is 9.73. The molecule has 0 bridgehead atoms. The van der Waals surface area contributed by atoms with E-state index in [-0.39, 0.29) is 5.41 Å². The maximum atomic E-state index is 12.9. The number of rotatable bonds is 5. The predicted octanol–water partition coefficient (Wildman–Crippen LogP) is 4.33. The second-order valence-corrected chi connectivity index (χ2v) is 11.4. The smallest absolute Gasteiger partial charge is 0.355 e. The Kier molecular flexibility index (Phi) is 5.87. The molecule has 0 aliphatic carbocycles. The van der Waals surface area contributed by atoms with Crippen molar-refractivity contribution in [1.29, 1.82) is 0 Å². The number of nitrogens with one attached hydrogen (secondary N) is 1. The lowest BCUT2D eigenvalue weighted by Crippen LogP contribution is -2.64. The highest BCUT2D eigenvalue weighted by Crippen LogP contribution is 2.45. The molecule has 0 radical (unpaired) electrons. The van der Waals surface area contributed by atoms with Crippen LogP contribution in [-0.4, -0.2) is 66.4 Å². The van der Waals surface area contributed by atoms with Crippen LogP contribution < -0.4 is 10.2 Å². The molecule has 5 nitrogen and oxygen atoms in total. The van der Waals surface area contributed by atoms with Crippen molar-refractivity contribution < 1.29 is 13.2 Å². The van der Waals surface area contributed by atoms with Gasteiger partial charge in [-0.15, -0.1) is 11.3 Å². The maximum Gasteiger partial charge on any atom is 0.393 e. The average Bonchev–Trinajstić information content (AvgIpc) is 3.31. The molecule has 3 saturated heterocycles. The third kappa shape index (κ3) is 4.35. The molecule has 2 aromatic rings. The number of anilines is 1. The van der Waals surface area contributed by atoms with Crippen LogP contribution in [0.2, 0.25) is 0 Å². The van der Waals surface area contributed by atoms with E-state index in [1.54, 1.807) is 6.07 Å². The summed E-state index contributed by atoms with van der Waals surface area (Å²) >= 11 is 1.13. The van der Waals surface area contributed by atoms with Crippen molar-refractivity contribution in [3.8, 4) is 0 Å². The number of aromatic nitrogens is 2. The summed E-state index contributed by atoms with van der Waals surface area (Å²) in [5.41, 5.74) is 0.280. The molecular weight excluding hydrogens is 435 g/mol. The Morgan fingerprint density at radius 2 is 1.94 bits per heavy atom. The molecule has 1 spiro atoms. The van der Waals surface area contributed by atoms with Crippen LogP contribution in [0.15, 0.2) is 12.4 Å². The van der Waals surface area contributed by atoms with Gasteiger partial charge in [0.25, 0.3) is 0 Å². The van der Waals surface area contributed by atoms with Gasteiger partial charge in [0, 0.05) is 42.5 Å². The van der Waals surface area contributed by atoms with Crippen molar-refractivity contribution in [2.45, 2.75) is 51.7 Å². The van der Waals surface area contributed by atoms with Crippen molar-refractivity contribution in [3.63, 3.8) is 0 Å². The van der Waals surface area contributed by atoms with Gasteiger partial charge in [-0.1, -0.05) is 13.8 Å². The van der Waals surface area contributed by atoms with Gasteiger partial charge < -0.3 is 10.2 Å². The fraction of sp³-hybridized carbons (Fsp3) is 0.739. The first-order valence-corrected chi connectivity index (χ1v) is 12.5. The van der Waals surface area contributed by atoms with Crippen molar-refractivity contribution in [2.24, 2.45) is 17.3 Å². The van der Waals surface area contributed by atoms with E-state index in [0.717, 1.165) is 74.1 Å². The number of alkyl halides is 3. The summed E-state index contributed by atoms with van der Waals surface area (Å²) in [7, 11) is 0. The number of piperidine rings is 1. The number of hydrogen-bond acceptors (Lipinski definition) is 6. The molecule has 0 saturated carbocycles. The predicted molar refractivity (Wildman–Crippen MR) is 122 cm³/mol. The van der Waals surface area contributed by atoms with Crippen molar-refractivity contribution in [2.75, 3.05) is 44.2 Å². The highest BCUT2D eigenvalue weighted by Gasteiger charge is 2.51. The van der Waals surface area contributed by atoms with Gasteiger partial charge in [0.15, 0.2) is 0 Å².